The van der Waals surface area contributed by atoms with E-state index in [0.717, 1.165) is 30.8 Å². The van der Waals surface area contributed by atoms with E-state index in [-0.39, 0.29) is 11.9 Å². The van der Waals surface area contributed by atoms with Gasteiger partial charge in [0.25, 0.3) is 0 Å². The van der Waals surface area contributed by atoms with Crippen LogP contribution in [0.2, 0.25) is 0 Å². The second kappa shape index (κ2) is 8.12. The molecule has 2 N–H and O–H groups in total. The molecule has 1 aliphatic rings. The lowest BCUT2D eigenvalue weighted by molar-refractivity contribution is -0.131. The monoisotopic (exact) mass is 338 g/mol. The summed E-state index contributed by atoms with van der Waals surface area (Å²) in [5.41, 5.74) is 8.56. The van der Waals surface area contributed by atoms with Gasteiger partial charge in [-0.3, -0.25) is 9.78 Å². The van der Waals surface area contributed by atoms with E-state index >= 15 is 0 Å². The number of likely N-dealkylation sites (tertiary alicyclic amines) is 1. The van der Waals surface area contributed by atoms with Gasteiger partial charge in [-0.25, -0.2) is 0 Å². The maximum atomic E-state index is 12.8. The molecule has 0 saturated carbocycles. The van der Waals surface area contributed by atoms with Gasteiger partial charge in [0.05, 0.1) is 12.5 Å². The molecule has 0 bridgehead atoms. The molecule has 1 unspecified atom stereocenters. The number of hydrogen-bond acceptors (Lipinski definition) is 4. The lowest BCUT2D eigenvalue weighted by atomic mass is 10.0. The molecule has 1 fully saturated rings. The van der Waals surface area contributed by atoms with Crippen LogP contribution in [0.5, 0.6) is 0 Å². The summed E-state index contributed by atoms with van der Waals surface area (Å²) in [4.78, 5) is 21.3. The second-order valence-corrected chi connectivity index (χ2v) is 6.73. The van der Waals surface area contributed by atoms with Crippen LogP contribution < -0.4 is 5.73 Å². The number of nitrogens with zero attached hydrogens (tertiary/aromatic N) is 3. The largest absolute Gasteiger partial charge is 0.399 e. The summed E-state index contributed by atoms with van der Waals surface area (Å²) in [5, 5.41) is 0. The maximum absolute atomic E-state index is 12.8. The highest BCUT2D eigenvalue weighted by atomic mass is 16.2. The van der Waals surface area contributed by atoms with Gasteiger partial charge in [-0.1, -0.05) is 12.1 Å². The standard InChI is InChI=1S/C20H26N4O/c1-23(20(25)14-16-4-6-18(21)7-5-16)19(15-24-12-2-3-13-24)17-8-10-22-11-9-17/h4-11,19H,2-3,12-15,21H2,1H3. The number of carbonyl (C=O) groups excluding carboxylic acids is 1. The van der Waals surface area contributed by atoms with Gasteiger partial charge < -0.3 is 15.5 Å². The molecule has 1 amide bonds. The predicted molar refractivity (Wildman–Crippen MR) is 100.0 cm³/mol. The third kappa shape index (κ3) is 4.57. The van der Waals surface area contributed by atoms with Gasteiger partial charge in [0, 0.05) is 31.7 Å². The van der Waals surface area contributed by atoms with Crippen LogP contribution in [0.3, 0.4) is 0 Å². The van der Waals surface area contributed by atoms with Gasteiger partial charge in [-0.15, -0.1) is 0 Å². The average molecular weight is 338 g/mol. The summed E-state index contributed by atoms with van der Waals surface area (Å²) in [7, 11) is 1.90. The fourth-order valence-electron chi connectivity index (χ4n) is 3.36. The van der Waals surface area contributed by atoms with Crippen LogP contribution in [0.15, 0.2) is 48.8 Å². The molecule has 1 aromatic heterocycles. The normalized spacial score (nSPS) is 15.9. The van der Waals surface area contributed by atoms with Crippen molar-refractivity contribution in [3.8, 4) is 0 Å². The molecule has 0 spiro atoms. The second-order valence-electron chi connectivity index (χ2n) is 6.73. The SMILES string of the molecule is CN(C(=O)Cc1ccc(N)cc1)C(CN1CCCC1)c1ccncc1. The number of nitrogens with two attached hydrogens (primary N) is 1. The van der Waals surface area contributed by atoms with Gasteiger partial charge in [-0.05, 0) is 61.3 Å². The van der Waals surface area contributed by atoms with Crippen molar-refractivity contribution >= 4 is 11.6 Å². The molecule has 3 rings (SSSR count). The van der Waals surface area contributed by atoms with Crippen LogP contribution in [0.25, 0.3) is 0 Å². The maximum Gasteiger partial charge on any atom is 0.227 e. The van der Waals surface area contributed by atoms with E-state index in [1.54, 1.807) is 12.4 Å². The van der Waals surface area contributed by atoms with Crippen LogP contribution >= 0.6 is 0 Å². The molecule has 2 heterocycles. The highest BCUT2D eigenvalue weighted by Gasteiger charge is 2.25. The number of benzene rings is 1. The Bertz CT molecular complexity index is 681. The third-order valence-electron chi connectivity index (χ3n) is 4.92. The van der Waals surface area contributed by atoms with Gasteiger partial charge in [0.1, 0.15) is 0 Å². The minimum absolute atomic E-state index is 0.0439. The Morgan fingerprint density at radius 2 is 1.80 bits per heavy atom. The van der Waals surface area contributed by atoms with Crippen molar-refractivity contribution in [3.05, 3.63) is 59.9 Å². The van der Waals surface area contributed by atoms with E-state index < -0.39 is 0 Å². The third-order valence-corrected chi connectivity index (χ3v) is 4.92. The van der Waals surface area contributed by atoms with Crippen LogP contribution in [-0.4, -0.2) is 47.4 Å². The van der Waals surface area contributed by atoms with Crippen molar-refractivity contribution < 1.29 is 4.79 Å². The van der Waals surface area contributed by atoms with Crippen molar-refractivity contribution in [2.45, 2.75) is 25.3 Å². The van der Waals surface area contributed by atoms with Gasteiger partial charge in [-0.2, -0.15) is 0 Å². The van der Waals surface area contributed by atoms with Gasteiger partial charge >= 0.3 is 0 Å². The first-order valence-electron chi connectivity index (χ1n) is 8.86. The first-order valence-corrected chi connectivity index (χ1v) is 8.86. The van der Waals surface area contributed by atoms with E-state index in [1.165, 1.54) is 12.8 Å². The molecule has 1 saturated heterocycles. The Labute approximate surface area is 149 Å². The lowest BCUT2D eigenvalue weighted by Gasteiger charge is -2.32. The lowest BCUT2D eigenvalue weighted by Crippen LogP contribution is -2.39. The molecule has 1 aliphatic heterocycles. The first kappa shape index (κ1) is 17.4. The number of rotatable bonds is 6. The topological polar surface area (TPSA) is 62.5 Å². The van der Waals surface area contributed by atoms with Gasteiger partial charge in [0.15, 0.2) is 0 Å². The number of carbonyl (C=O) groups is 1. The van der Waals surface area contributed by atoms with Crippen molar-refractivity contribution in [2.75, 3.05) is 32.4 Å². The predicted octanol–water partition coefficient (Wildman–Crippen LogP) is 2.50. The molecule has 5 nitrogen and oxygen atoms in total. The molecular weight excluding hydrogens is 312 g/mol. The minimum Gasteiger partial charge on any atom is -0.399 e. The molecule has 1 aromatic carbocycles. The Balaban J connectivity index is 1.74. The molecule has 132 valence electrons. The average Bonchev–Trinajstić information content (AvgIpc) is 3.15. The zero-order chi connectivity index (χ0) is 17.6. The van der Waals surface area contributed by atoms with E-state index in [4.69, 9.17) is 5.73 Å². The quantitative estimate of drug-likeness (QED) is 0.822. The fourth-order valence-corrected chi connectivity index (χ4v) is 3.36. The van der Waals surface area contributed by atoms with Gasteiger partial charge in [0.2, 0.25) is 5.91 Å². The molecule has 25 heavy (non-hydrogen) atoms. The van der Waals surface area contributed by atoms with E-state index in [0.29, 0.717) is 12.1 Å². The Kier molecular flexibility index (Phi) is 5.66. The summed E-state index contributed by atoms with van der Waals surface area (Å²) in [6.45, 7) is 3.09. The zero-order valence-corrected chi connectivity index (χ0v) is 14.8. The van der Waals surface area contributed by atoms with Crippen LogP contribution in [0.4, 0.5) is 5.69 Å². The Morgan fingerprint density at radius 3 is 2.44 bits per heavy atom. The van der Waals surface area contributed by atoms with Crippen molar-refractivity contribution in [2.24, 2.45) is 0 Å². The summed E-state index contributed by atoms with van der Waals surface area (Å²) in [6.07, 6.45) is 6.46. The van der Waals surface area contributed by atoms with Crippen LogP contribution in [0, 0.1) is 0 Å². The number of likely N-dealkylation sites (N-methyl/N-ethyl adjacent to an activating group) is 1. The van der Waals surface area contributed by atoms with E-state index in [2.05, 4.69) is 9.88 Å². The summed E-state index contributed by atoms with van der Waals surface area (Å²) >= 11 is 0. The number of pyridine rings is 1. The first-order chi connectivity index (χ1) is 12.1. The molecule has 0 aliphatic carbocycles. The highest BCUT2D eigenvalue weighted by Crippen LogP contribution is 2.23. The zero-order valence-electron chi connectivity index (χ0n) is 14.8. The number of anilines is 1. The minimum atomic E-state index is 0.0439. The molecular formula is C20H26N4O. The van der Waals surface area contributed by atoms with Crippen molar-refractivity contribution in [3.63, 3.8) is 0 Å². The molecule has 1 atom stereocenters. The summed E-state index contributed by atoms with van der Waals surface area (Å²) in [5.74, 6) is 0.116. The highest BCUT2D eigenvalue weighted by molar-refractivity contribution is 5.79. The van der Waals surface area contributed by atoms with Crippen molar-refractivity contribution in [1.82, 2.24) is 14.8 Å². The Hall–Kier alpha value is -2.40. The molecule has 2 aromatic rings. The van der Waals surface area contributed by atoms with E-state index in [1.807, 2.05) is 48.3 Å². The Morgan fingerprint density at radius 1 is 1.16 bits per heavy atom. The van der Waals surface area contributed by atoms with Crippen LogP contribution in [-0.2, 0) is 11.2 Å². The summed E-state index contributed by atoms with van der Waals surface area (Å²) < 4.78 is 0. The number of nitrogen functional groups attached to an aromatic ring is 1. The smallest absolute Gasteiger partial charge is 0.227 e. The van der Waals surface area contributed by atoms with Crippen molar-refractivity contribution in [1.29, 1.82) is 0 Å². The van der Waals surface area contributed by atoms with Crippen LogP contribution in [0.1, 0.15) is 30.0 Å². The number of amides is 1. The molecule has 0 radical (unpaired) electrons. The van der Waals surface area contributed by atoms with E-state index in [9.17, 15) is 4.79 Å². The fraction of sp³-hybridized carbons (Fsp3) is 0.400. The number of aromatic nitrogens is 1. The number of hydrogen-bond donors (Lipinski definition) is 1. The molecule has 5 heteroatoms. The summed E-state index contributed by atoms with van der Waals surface area (Å²) in [6, 6.07) is 11.6.